The van der Waals surface area contributed by atoms with Crippen molar-refractivity contribution in [1.82, 2.24) is 4.57 Å². The first-order valence-electron chi connectivity index (χ1n) is 4.16. The second-order valence-corrected chi connectivity index (χ2v) is 3.98. The van der Waals surface area contributed by atoms with Crippen LogP contribution in [-0.4, -0.2) is 10.4 Å². The van der Waals surface area contributed by atoms with E-state index in [9.17, 15) is 4.79 Å². The lowest BCUT2D eigenvalue weighted by Crippen LogP contribution is -2.19. The number of aryl methyl sites for hydroxylation is 1. The van der Waals surface area contributed by atoms with E-state index >= 15 is 0 Å². The molecule has 1 heterocycles. The summed E-state index contributed by atoms with van der Waals surface area (Å²) in [5.74, 6) is 0.656. The molecule has 0 N–H and O–H groups in total. The van der Waals surface area contributed by atoms with Crippen molar-refractivity contribution in [2.75, 3.05) is 5.88 Å². The molecule has 0 aromatic carbocycles. The molecule has 0 spiro atoms. The molecule has 0 aliphatic heterocycles. The van der Waals surface area contributed by atoms with Gasteiger partial charge in [0, 0.05) is 18.6 Å². The molecule has 1 aromatic rings. The minimum atomic E-state index is 0.0251. The summed E-state index contributed by atoms with van der Waals surface area (Å²) >= 11 is 8.74. The van der Waals surface area contributed by atoms with Crippen LogP contribution in [0.1, 0.15) is 12.8 Å². The van der Waals surface area contributed by atoms with Crippen LogP contribution in [0.3, 0.4) is 0 Å². The quantitative estimate of drug-likeness (QED) is 0.605. The monoisotopic (exact) mass is 263 g/mol. The summed E-state index contributed by atoms with van der Waals surface area (Å²) in [5.41, 5.74) is 0.0251. The number of hydrogen-bond donors (Lipinski definition) is 0. The lowest BCUT2D eigenvalue weighted by molar-refractivity contribution is 0.613. The Morgan fingerprint density at radius 1 is 1.46 bits per heavy atom. The number of rotatable bonds is 4. The van der Waals surface area contributed by atoms with Gasteiger partial charge in [0.2, 0.25) is 0 Å². The fourth-order valence-electron chi connectivity index (χ4n) is 1.06. The molecule has 0 aliphatic carbocycles. The van der Waals surface area contributed by atoms with E-state index in [1.165, 1.54) is 0 Å². The molecule has 0 saturated heterocycles. The highest BCUT2D eigenvalue weighted by molar-refractivity contribution is 9.10. The highest BCUT2D eigenvalue weighted by atomic mass is 79.9. The zero-order valence-electron chi connectivity index (χ0n) is 7.17. The van der Waals surface area contributed by atoms with Crippen LogP contribution in [0.4, 0.5) is 0 Å². The first-order chi connectivity index (χ1) is 6.25. The van der Waals surface area contributed by atoms with Gasteiger partial charge < -0.3 is 4.57 Å². The maximum atomic E-state index is 11.4. The van der Waals surface area contributed by atoms with E-state index in [0.29, 0.717) is 10.4 Å². The summed E-state index contributed by atoms with van der Waals surface area (Å²) in [5, 5.41) is 0. The molecule has 1 rings (SSSR count). The Morgan fingerprint density at radius 3 is 2.92 bits per heavy atom. The number of pyridine rings is 1. The van der Waals surface area contributed by atoms with Gasteiger partial charge in [-0.3, -0.25) is 4.79 Å². The Labute approximate surface area is 90.7 Å². The molecule has 0 amide bonds. The van der Waals surface area contributed by atoms with E-state index in [0.717, 1.165) is 19.4 Å². The molecule has 72 valence electrons. The van der Waals surface area contributed by atoms with Crippen LogP contribution in [0.15, 0.2) is 27.6 Å². The fraction of sp³-hybridized carbons (Fsp3) is 0.444. The molecule has 0 atom stereocenters. The van der Waals surface area contributed by atoms with Gasteiger partial charge in [-0.05, 0) is 40.9 Å². The smallest absolute Gasteiger partial charge is 0.264 e. The molecular formula is C9H11BrClNO. The van der Waals surface area contributed by atoms with Crippen LogP contribution >= 0.6 is 27.5 Å². The van der Waals surface area contributed by atoms with Crippen LogP contribution in [-0.2, 0) is 6.54 Å². The summed E-state index contributed by atoms with van der Waals surface area (Å²) in [6.07, 6.45) is 3.68. The SMILES string of the molecule is O=c1c(Br)cccn1CCCCCl. The Morgan fingerprint density at radius 2 is 2.23 bits per heavy atom. The summed E-state index contributed by atoms with van der Waals surface area (Å²) in [4.78, 5) is 11.4. The first-order valence-corrected chi connectivity index (χ1v) is 5.49. The summed E-state index contributed by atoms with van der Waals surface area (Å²) in [6.45, 7) is 0.741. The number of nitrogens with zero attached hydrogens (tertiary/aromatic N) is 1. The molecule has 0 unspecified atom stereocenters. The molecule has 4 heteroatoms. The van der Waals surface area contributed by atoms with E-state index in [-0.39, 0.29) is 5.56 Å². The zero-order chi connectivity index (χ0) is 9.68. The number of aromatic nitrogens is 1. The summed E-state index contributed by atoms with van der Waals surface area (Å²) < 4.78 is 2.30. The predicted molar refractivity (Wildman–Crippen MR) is 58.4 cm³/mol. The van der Waals surface area contributed by atoms with Gasteiger partial charge in [0.15, 0.2) is 0 Å². The summed E-state index contributed by atoms with van der Waals surface area (Å²) in [6, 6.07) is 3.60. The van der Waals surface area contributed by atoms with E-state index in [1.807, 2.05) is 6.07 Å². The maximum absolute atomic E-state index is 11.4. The van der Waals surface area contributed by atoms with Gasteiger partial charge >= 0.3 is 0 Å². The normalized spacial score (nSPS) is 10.3. The van der Waals surface area contributed by atoms with E-state index in [2.05, 4.69) is 15.9 Å². The summed E-state index contributed by atoms with van der Waals surface area (Å²) in [7, 11) is 0. The van der Waals surface area contributed by atoms with Crippen molar-refractivity contribution in [1.29, 1.82) is 0 Å². The maximum Gasteiger partial charge on any atom is 0.264 e. The fourth-order valence-corrected chi connectivity index (χ4v) is 1.63. The third-order valence-corrected chi connectivity index (χ3v) is 2.63. The van der Waals surface area contributed by atoms with Crippen molar-refractivity contribution in [3.05, 3.63) is 33.2 Å². The highest BCUT2D eigenvalue weighted by Gasteiger charge is 1.98. The lowest BCUT2D eigenvalue weighted by Gasteiger charge is -2.03. The Hall–Kier alpha value is -0.280. The minimum Gasteiger partial charge on any atom is -0.315 e. The van der Waals surface area contributed by atoms with Crippen molar-refractivity contribution < 1.29 is 0 Å². The van der Waals surface area contributed by atoms with Gasteiger partial charge in [-0.25, -0.2) is 0 Å². The molecular weight excluding hydrogens is 253 g/mol. The van der Waals surface area contributed by atoms with Crippen LogP contribution in [0, 0.1) is 0 Å². The lowest BCUT2D eigenvalue weighted by atomic mass is 10.3. The van der Waals surface area contributed by atoms with Crippen LogP contribution in [0.25, 0.3) is 0 Å². The molecule has 1 aromatic heterocycles. The number of halogens is 2. The second kappa shape index (κ2) is 5.45. The van der Waals surface area contributed by atoms with Gasteiger partial charge in [-0.2, -0.15) is 0 Å². The first kappa shape index (κ1) is 10.8. The average Bonchev–Trinajstić information content (AvgIpc) is 2.13. The van der Waals surface area contributed by atoms with Gasteiger partial charge in [0.25, 0.3) is 5.56 Å². The van der Waals surface area contributed by atoms with Crippen LogP contribution in [0.5, 0.6) is 0 Å². The zero-order valence-corrected chi connectivity index (χ0v) is 9.51. The van der Waals surface area contributed by atoms with Crippen molar-refractivity contribution in [2.24, 2.45) is 0 Å². The van der Waals surface area contributed by atoms with Crippen molar-refractivity contribution >= 4 is 27.5 Å². The third-order valence-electron chi connectivity index (χ3n) is 1.76. The minimum absolute atomic E-state index is 0.0251. The van der Waals surface area contributed by atoms with Crippen LogP contribution < -0.4 is 5.56 Å². The standard InChI is InChI=1S/C9H11BrClNO/c10-8-4-3-7-12(9(8)13)6-2-1-5-11/h3-4,7H,1-2,5-6H2. The van der Waals surface area contributed by atoms with Crippen molar-refractivity contribution in [3.63, 3.8) is 0 Å². The average molecular weight is 265 g/mol. The molecule has 2 nitrogen and oxygen atoms in total. The molecule has 0 radical (unpaired) electrons. The molecule has 0 fully saturated rings. The van der Waals surface area contributed by atoms with E-state index in [1.54, 1.807) is 16.8 Å². The number of hydrogen-bond acceptors (Lipinski definition) is 1. The van der Waals surface area contributed by atoms with Gasteiger partial charge in [-0.15, -0.1) is 11.6 Å². The molecule has 0 bridgehead atoms. The Kier molecular flexibility index (Phi) is 4.53. The second-order valence-electron chi connectivity index (χ2n) is 2.75. The molecule has 0 saturated carbocycles. The number of unbranched alkanes of at least 4 members (excludes halogenated alkanes) is 1. The highest BCUT2D eigenvalue weighted by Crippen LogP contribution is 2.02. The number of alkyl halides is 1. The third kappa shape index (κ3) is 3.16. The topological polar surface area (TPSA) is 22.0 Å². The predicted octanol–water partition coefficient (Wildman–Crippen LogP) is 2.63. The largest absolute Gasteiger partial charge is 0.315 e. The van der Waals surface area contributed by atoms with Gasteiger partial charge in [0.05, 0.1) is 4.47 Å². The van der Waals surface area contributed by atoms with Crippen molar-refractivity contribution in [3.8, 4) is 0 Å². The van der Waals surface area contributed by atoms with E-state index in [4.69, 9.17) is 11.6 Å². The van der Waals surface area contributed by atoms with Crippen LogP contribution in [0.2, 0.25) is 0 Å². The molecule has 0 aliphatic rings. The Balaban J connectivity index is 2.67. The molecule has 13 heavy (non-hydrogen) atoms. The van der Waals surface area contributed by atoms with E-state index < -0.39 is 0 Å². The Bertz CT molecular complexity index is 324. The van der Waals surface area contributed by atoms with Gasteiger partial charge in [-0.1, -0.05) is 0 Å². The van der Waals surface area contributed by atoms with Gasteiger partial charge in [0.1, 0.15) is 0 Å². The van der Waals surface area contributed by atoms with Crippen molar-refractivity contribution in [2.45, 2.75) is 19.4 Å².